The Morgan fingerprint density at radius 3 is 2.93 bits per heavy atom. The molecule has 1 N–H and O–H groups in total. The molecule has 1 aliphatic rings. The van der Waals surface area contributed by atoms with Crippen LogP contribution >= 0.6 is 0 Å². The predicted octanol–water partition coefficient (Wildman–Crippen LogP) is 0.501. The maximum Gasteiger partial charge on any atom is 0.308 e. The lowest BCUT2D eigenvalue weighted by molar-refractivity contribution is -0.136. The van der Waals surface area contributed by atoms with E-state index in [1.165, 1.54) is 0 Å². The summed E-state index contributed by atoms with van der Waals surface area (Å²) in [5.41, 5.74) is 2.42. The van der Waals surface area contributed by atoms with Crippen LogP contribution in [0.3, 0.4) is 0 Å². The molecule has 15 heavy (non-hydrogen) atoms. The highest BCUT2D eigenvalue weighted by Gasteiger charge is 2.17. The Bertz CT molecular complexity index is 473. The maximum absolute atomic E-state index is 11.8. The number of carbonyl (C=O) groups is 1. The van der Waals surface area contributed by atoms with Crippen LogP contribution in [0, 0.1) is 0 Å². The Labute approximate surface area is 87.2 Å². The minimum absolute atomic E-state index is 0.168. The zero-order valence-electron chi connectivity index (χ0n) is 8.62. The van der Waals surface area contributed by atoms with E-state index in [-0.39, 0.29) is 12.0 Å². The zero-order valence-corrected chi connectivity index (χ0v) is 8.62. The van der Waals surface area contributed by atoms with Gasteiger partial charge in [0.05, 0.1) is 6.42 Å². The van der Waals surface area contributed by atoms with Crippen LogP contribution in [0.15, 0.2) is 10.9 Å². The first-order chi connectivity index (χ1) is 7.09. The minimum Gasteiger partial charge on any atom is -0.481 e. The number of nitrogens with zero attached hydrogens (tertiary/aromatic N) is 1. The summed E-state index contributed by atoms with van der Waals surface area (Å²) in [5.74, 6) is -0.954. The fraction of sp³-hybridized carbons (Fsp3) is 0.455. The Kier molecular flexibility index (Phi) is 2.34. The third-order valence-corrected chi connectivity index (χ3v) is 2.90. The topological polar surface area (TPSA) is 59.3 Å². The van der Waals surface area contributed by atoms with E-state index in [2.05, 4.69) is 0 Å². The van der Waals surface area contributed by atoms with Gasteiger partial charge in [0.25, 0.3) is 5.56 Å². The Hall–Kier alpha value is -1.58. The molecular weight excluding hydrogens is 194 g/mol. The van der Waals surface area contributed by atoms with Crippen LogP contribution in [-0.4, -0.2) is 15.6 Å². The van der Waals surface area contributed by atoms with E-state index in [0.29, 0.717) is 5.56 Å². The molecule has 0 amide bonds. The van der Waals surface area contributed by atoms with Gasteiger partial charge in [-0.15, -0.1) is 0 Å². The highest BCUT2D eigenvalue weighted by atomic mass is 16.4. The molecule has 4 nitrogen and oxygen atoms in total. The molecule has 1 aromatic heterocycles. The van der Waals surface area contributed by atoms with Crippen LogP contribution in [0.25, 0.3) is 0 Å². The summed E-state index contributed by atoms with van der Waals surface area (Å²) in [6.45, 7) is 0. The minimum atomic E-state index is -0.954. The summed E-state index contributed by atoms with van der Waals surface area (Å²) in [7, 11) is 1.72. The van der Waals surface area contributed by atoms with Crippen LogP contribution in [0.1, 0.15) is 23.2 Å². The Morgan fingerprint density at radius 1 is 1.53 bits per heavy atom. The summed E-state index contributed by atoms with van der Waals surface area (Å²) in [6.07, 6.45) is 2.75. The van der Waals surface area contributed by atoms with Crippen molar-refractivity contribution in [2.75, 3.05) is 0 Å². The number of pyridine rings is 1. The molecule has 0 saturated heterocycles. The standard InChI is InChI=1S/C11H13NO3/c1-12-9-4-2-3-7(9)5-8(11(12)15)6-10(13)14/h5H,2-4,6H2,1H3,(H,13,14). The van der Waals surface area contributed by atoms with Gasteiger partial charge in [0.1, 0.15) is 0 Å². The van der Waals surface area contributed by atoms with Gasteiger partial charge in [-0.1, -0.05) is 0 Å². The van der Waals surface area contributed by atoms with Gasteiger partial charge in [-0.2, -0.15) is 0 Å². The highest BCUT2D eigenvalue weighted by molar-refractivity contribution is 5.70. The monoisotopic (exact) mass is 207 g/mol. The molecule has 0 aromatic carbocycles. The van der Waals surface area contributed by atoms with Crippen molar-refractivity contribution in [3.8, 4) is 0 Å². The van der Waals surface area contributed by atoms with E-state index in [4.69, 9.17) is 5.11 Å². The molecule has 2 rings (SSSR count). The van der Waals surface area contributed by atoms with Gasteiger partial charge in [-0.3, -0.25) is 9.59 Å². The van der Waals surface area contributed by atoms with Crippen molar-refractivity contribution in [1.29, 1.82) is 0 Å². The van der Waals surface area contributed by atoms with E-state index in [1.807, 2.05) is 0 Å². The van der Waals surface area contributed by atoms with E-state index in [0.717, 1.165) is 30.5 Å². The molecule has 1 aromatic rings. The lowest BCUT2D eigenvalue weighted by atomic mass is 10.1. The fourth-order valence-corrected chi connectivity index (χ4v) is 2.19. The van der Waals surface area contributed by atoms with Gasteiger partial charge in [0.2, 0.25) is 0 Å². The van der Waals surface area contributed by atoms with Crippen LogP contribution in [0.4, 0.5) is 0 Å². The number of hydrogen-bond acceptors (Lipinski definition) is 2. The van der Waals surface area contributed by atoms with E-state index < -0.39 is 5.97 Å². The molecule has 0 atom stereocenters. The molecular formula is C11H13NO3. The number of aryl methyl sites for hydroxylation is 1. The zero-order chi connectivity index (χ0) is 11.0. The van der Waals surface area contributed by atoms with Crippen molar-refractivity contribution in [2.45, 2.75) is 25.7 Å². The average Bonchev–Trinajstić information content (AvgIpc) is 2.61. The highest BCUT2D eigenvalue weighted by Crippen LogP contribution is 2.20. The molecule has 0 spiro atoms. The smallest absolute Gasteiger partial charge is 0.308 e. The van der Waals surface area contributed by atoms with Crippen LogP contribution in [0.5, 0.6) is 0 Å². The summed E-state index contributed by atoms with van der Waals surface area (Å²) >= 11 is 0. The normalized spacial score (nSPS) is 13.9. The first-order valence-corrected chi connectivity index (χ1v) is 5.02. The SMILES string of the molecule is Cn1c2c(cc(CC(=O)O)c1=O)CCC2. The van der Waals surface area contributed by atoms with Crippen LogP contribution in [0.2, 0.25) is 0 Å². The number of carboxylic acid groups (broad SMARTS) is 1. The summed E-state index contributed by atoms with van der Waals surface area (Å²) in [5, 5.41) is 8.68. The van der Waals surface area contributed by atoms with Gasteiger partial charge < -0.3 is 9.67 Å². The molecule has 0 aliphatic heterocycles. The van der Waals surface area contributed by atoms with Gasteiger partial charge in [-0.05, 0) is 30.9 Å². The number of aromatic nitrogens is 1. The third-order valence-electron chi connectivity index (χ3n) is 2.90. The maximum atomic E-state index is 11.8. The number of carboxylic acids is 1. The molecule has 0 saturated carbocycles. The van der Waals surface area contributed by atoms with Crippen molar-refractivity contribution in [1.82, 2.24) is 4.57 Å². The Balaban J connectivity index is 2.54. The second-order valence-corrected chi connectivity index (χ2v) is 3.93. The largest absolute Gasteiger partial charge is 0.481 e. The number of fused-ring (bicyclic) bond motifs is 1. The molecule has 0 radical (unpaired) electrons. The second-order valence-electron chi connectivity index (χ2n) is 3.93. The second kappa shape index (κ2) is 3.53. The average molecular weight is 207 g/mol. The van der Waals surface area contributed by atoms with Crippen molar-refractivity contribution in [2.24, 2.45) is 7.05 Å². The molecule has 80 valence electrons. The lowest BCUT2D eigenvalue weighted by Gasteiger charge is -2.08. The van der Waals surface area contributed by atoms with Gasteiger partial charge >= 0.3 is 5.97 Å². The van der Waals surface area contributed by atoms with Crippen molar-refractivity contribution in [3.05, 3.63) is 33.2 Å². The first-order valence-electron chi connectivity index (χ1n) is 5.02. The number of rotatable bonds is 2. The van der Waals surface area contributed by atoms with Gasteiger partial charge in [0, 0.05) is 18.3 Å². The van der Waals surface area contributed by atoms with Gasteiger partial charge in [-0.25, -0.2) is 0 Å². The molecule has 4 heteroatoms. The third kappa shape index (κ3) is 1.67. The van der Waals surface area contributed by atoms with Crippen LogP contribution in [-0.2, 0) is 31.1 Å². The lowest BCUT2D eigenvalue weighted by Crippen LogP contribution is -2.25. The van der Waals surface area contributed by atoms with Crippen LogP contribution < -0.4 is 5.56 Å². The predicted molar refractivity (Wildman–Crippen MR) is 55.0 cm³/mol. The van der Waals surface area contributed by atoms with Crippen molar-refractivity contribution in [3.63, 3.8) is 0 Å². The molecule has 1 aliphatic carbocycles. The Morgan fingerprint density at radius 2 is 2.27 bits per heavy atom. The number of aliphatic carboxylic acids is 1. The summed E-state index contributed by atoms with van der Waals surface area (Å²) in [6, 6.07) is 1.76. The molecule has 1 heterocycles. The van der Waals surface area contributed by atoms with Crippen molar-refractivity contribution < 1.29 is 9.90 Å². The molecule has 0 bridgehead atoms. The molecule has 0 unspecified atom stereocenters. The fourth-order valence-electron chi connectivity index (χ4n) is 2.19. The summed E-state index contributed by atoms with van der Waals surface area (Å²) < 4.78 is 1.60. The number of hydrogen-bond donors (Lipinski definition) is 1. The van der Waals surface area contributed by atoms with Gasteiger partial charge in [0.15, 0.2) is 0 Å². The van der Waals surface area contributed by atoms with E-state index in [1.54, 1.807) is 17.7 Å². The van der Waals surface area contributed by atoms with E-state index in [9.17, 15) is 9.59 Å². The summed E-state index contributed by atoms with van der Waals surface area (Å²) in [4.78, 5) is 22.3. The molecule has 0 fully saturated rings. The quantitative estimate of drug-likeness (QED) is 0.768. The first kappa shape index (κ1) is 9.96. The van der Waals surface area contributed by atoms with E-state index >= 15 is 0 Å². The van der Waals surface area contributed by atoms with Crippen molar-refractivity contribution >= 4 is 5.97 Å².